The Morgan fingerprint density at radius 2 is 2.10 bits per heavy atom. The molecule has 2 aromatic rings. The molecule has 1 aliphatic rings. The van der Waals surface area contributed by atoms with Gasteiger partial charge in [0.1, 0.15) is 6.04 Å². The number of amides is 1. The molecule has 1 aliphatic heterocycles. The van der Waals surface area contributed by atoms with Crippen LogP contribution in [0.15, 0.2) is 18.2 Å². The Morgan fingerprint density at radius 1 is 1.33 bits per heavy atom. The third-order valence-electron chi connectivity index (χ3n) is 4.35. The molecule has 1 amide bonds. The molecule has 2 N–H and O–H groups in total. The highest BCUT2D eigenvalue weighted by atomic mass is 16.4. The standard InChI is InChI=1S/C16H18N2O3/c1-9-10(2)17-13-6-5-11(8-12(9)13)15(19)18-7-3-4-14(18)16(20)21/h5-6,8,14,17H,3-4,7H2,1-2H3,(H,20,21)/t14-/m0/s1. The summed E-state index contributed by atoms with van der Waals surface area (Å²) in [6, 6.07) is 4.81. The average Bonchev–Trinajstić information content (AvgIpc) is 3.04. The number of benzene rings is 1. The van der Waals surface area contributed by atoms with E-state index >= 15 is 0 Å². The highest BCUT2D eigenvalue weighted by molar-refractivity contribution is 6.00. The van der Waals surface area contributed by atoms with E-state index in [1.165, 1.54) is 4.90 Å². The Balaban J connectivity index is 1.98. The molecule has 110 valence electrons. The lowest BCUT2D eigenvalue weighted by Crippen LogP contribution is -2.40. The summed E-state index contributed by atoms with van der Waals surface area (Å²) in [5.74, 6) is -1.12. The Labute approximate surface area is 122 Å². The molecule has 1 fully saturated rings. The first kappa shape index (κ1) is 13.7. The number of aliphatic carboxylic acids is 1. The number of hydrogen-bond donors (Lipinski definition) is 2. The topological polar surface area (TPSA) is 73.4 Å². The van der Waals surface area contributed by atoms with Crippen molar-refractivity contribution in [2.75, 3.05) is 6.54 Å². The number of aryl methyl sites for hydroxylation is 2. The summed E-state index contributed by atoms with van der Waals surface area (Å²) < 4.78 is 0. The van der Waals surface area contributed by atoms with Gasteiger partial charge in [-0.25, -0.2) is 4.79 Å². The summed E-state index contributed by atoms with van der Waals surface area (Å²) in [6.45, 7) is 4.52. The molecule has 5 heteroatoms. The number of carboxylic acid groups (broad SMARTS) is 1. The Morgan fingerprint density at radius 3 is 2.81 bits per heavy atom. The Bertz CT molecular complexity index is 732. The van der Waals surface area contributed by atoms with Crippen LogP contribution < -0.4 is 0 Å². The zero-order valence-electron chi connectivity index (χ0n) is 12.1. The van der Waals surface area contributed by atoms with Gasteiger partial charge in [0, 0.05) is 28.7 Å². The van der Waals surface area contributed by atoms with Crippen molar-refractivity contribution in [1.29, 1.82) is 0 Å². The molecule has 0 saturated carbocycles. The van der Waals surface area contributed by atoms with Crippen LogP contribution in [0, 0.1) is 13.8 Å². The highest BCUT2D eigenvalue weighted by Gasteiger charge is 2.34. The van der Waals surface area contributed by atoms with Crippen molar-refractivity contribution in [1.82, 2.24) is 9.88 Å². The molecule has 0 radical (unpaired) electrons. The van der Waals surface area contributed by atoms with Crippen LogP contribution in [0.1, 0.15) is 34.5 Å². The van der Waals surface area contributed by atoms with E-state index < -0.39 is 12.0 Å². The molecule has 0 aliphatic carbocycles. The number of fused-ring (bicyclic) bond motifs is 1. The maximum Gasteiger partial charge on any atom is 0.326 e. The number of carbonyl (C=O) groups is 2. The largest absolute Gasteiger partial charge is 0.480 e. The van der Waals surface area contributed by atoms with Crippen molar-refractivity contribution in [3.8, 4) is 0 Å². The Hall–Kier alpha value is -2.30. The molecule has 0 spiro atoms. The zero-order chi connectivity index (χ0) is 15.1. The van der Waals surface area contributed by atoms with Gasteiger partial charge in [0.25, 0.3) is 5.91 Å². The number of aromatic amines is 1. The molecule has 1 aromatic carbocycles. The van der Waals surface area contributed by atoms with Gasteiger partial charge in [-0.15, -0.1) is 0 Å². The number of nitrogens with one attached hydrogen (secondary N) is 1. The summed E-state index contributed by atoms with van der Waals surface area (Å²) in [4.78, 5) is 28.5. The molecule has 0 unspecified atom stereocenters. The molecular formula is C16H18N2O3. The van der Waals surface area contributed by atoms with Crippen LogP contribution in [0.25, 0.3) is 10.9 Å². The van der Waals surface area contributed by atoms with Crippen molar-refractivity contribution in [3.63, 3.8) is 0 Å². The molecule has 3 rings (SSSR count). The van der Waals surface area contributed by atoms with Crippen LogP contribution >= 0.6 is 0 Å². The Kier molecular flexibility index (Phi) is 3.20. The first-order chi connectivity index (χ1) is 9.99. The van der Waals surface area contributed by atoms with E-state index in [1.807, 2.05) is 26.0 Å². The van der Waals surface area contributed by atoms with Crippen molar-refractivity contribution in [3.05, 3.63) is 35.0 Å². The third-order valence-corrected chi connectivity index (χ3v) is 4.35. The van der Waals surface area contributed by atoms with Gasteiger partial charge in [0.2, 0.25) is 0 Å². The van der Waals surface area contributed by atoms with Crippen LogP contribution in [0.3, 0.4) is 0 Å². The lowest BCUT2D eigenvalue weighted by Gasteiger charge is -2.21. The quantitative estimate of drug-likeness (QED) is 0.890. The van der Waals surface area contributed by atoms with E-state index in [-0.39, 0.29) is 5.91 Å². The summed E-state index contributed by atoms with van der Waals surface area (Å²) in [5.41, 5.74) is 3.76. The zero-order valence-corrected chi connectivity index (χ0v) is 12.1. The van der Waals surface area contributed by atoms with Crippen molar-refractivity contribution < 1.29 is 14.7 Å². The van der Waals surface area contributed by atoms with Gasteiger partial charge < -0.3 is 15.0 Å². The van der Waals surface area contributed by atoms with E-state index in [0.717, 1.165) is 28.6 Å². The summed E-state index contributed by atoms with van der Waals surface area (Å²) in [5, 5.41) is 10.2. The number of hydrogen-bond acceptors (Lipinski definition) is 2. The molecule has 1 aromatic heterocycles. The second-order valence-corrected chi connectivity index (χ2v) is 5.63. The van der Waals surface area contributed by atoms with Gasteiger partial charge in [-0.05, 0) is 50.5 Å². The van der Waals surface area contributed by atoms with E-state index in [1.54, 1.807) is 6.07 Å². The normalized spacial score (nSPS) is 18.4. The number of H-pyrrole nitrogens is 1. The van der Waals surface area contributed by atoms with Crippen molar-refractivity contribution in [2.24, 2.45) is 0 Å². The number of rotatable bonds is 2. The van der Waals surface area contributed by atoms with Crippen LogP contribution in [-0.4, -0.2) is 39.5 Å². The number of carboxylic acids is 1. The SMILES string of the molecule is Cc1[nH]c2ccc(C(=O)N3CCC[C@H]3C(=O)O)cc2c1C. The van der Waals surface area contributed by atoms with Crippen LogP contribution in [0.2, 0.25) is 0 Å². The fourth-order valence-corrected chi connectivity index (χ4v) is 3.03. The van der Waals surface area contributed by atoms with E-state index in [2.05, 4.69) is 4.98 Å². The van der Waals surface area contributed by atoms with Crippen molar-refractivity contribution in [2.45, 2.75) is 32.7 Å². The second kappa shape index (κ2) is 4.91. The minimum absolute atomic E-state index is 0.194. The van der Waals surface area contributed by atoms with Crippen LogP contribution in [0.4, 0.5) is 0 Å². The first-order valence-electron chi connectivity index (χ1n) is 7.11. The summed E-state index contributed by atoms with van der Waals surface area (Å²) >= 11 is 0. The third kappa shape index (κ3) is 2.18. The lowest BCUT2D eigenvalue weighted by molar-refractivity contribution is -0.141. The van der Waals surface area contributed by atoms with Gasteiger partial charge in [-0.1, -0.05) is 0 Å². The average molecular weight is 286 g/mol. The second-order valence-electron chi connectivity index (χ2n) is 5.63. The van der Waals surface area contributed by atoms with Gasteiger partial charge in [-0.2, -0.15) is 0 Å². The smallest absolute Gasteiger partial charge is 0.326 e. The van der Waals surface area contributed by atoms with E-state index in [4.69, 9.17) is 0 Å². The fraction of sp³-hybridized carbons (Fsp3) is 0.375. The summed E-state index contributed by atoms with van der Waals surface area (Å²) in [6.07, 6.45) is 1.28. The lowest BCUT2D eigenvalue weighted by atomic mass is 10.1. The molecular weight excluding hydrogens is 268 g/mol. The monoisotopic (exact) mass is 286 g/mol. The number of carbonyl (C=O) groups excluding carboxylic acids is 1. The predicted octanol–water partition coefficient (Wildman–Crippen LogP) is 2.47. The maximum atomic E-state index is 12.6. The molecule has 21 heavy (non-hydrogen) atoms. The van der Waals surface area contributed by atoms with Gasteiger partial charge in [0.15, 0.2) is 0 Å². The molecule has 5 nitrogen and oxygen atoms in total. The van der Waals surface area contributed by atoms with Gasteiger partial charge >= 0.3 is 5.97 Å². The number of likely N-dealkylation sites (tertiary alicyclic amines) is 1. The summed E-state index contributed by atoms with van der Waals surface area (Å²) in [7, 11) is 0. The maximum absolute atomic E-state index is 12.6. The van der Waals surface area contributed by atoms with Crippen LogP contribution in [-0.2, 0) is 4.79 Å². The van der Waals surface area contributed by atoms with E-state index in [0.29, 0.717) is 18.5 Å². The predicted molar refractivity (Wildman–Crippen MR) is 79.5 cm³/mol. The number of nitrogens with zero attached hydrogens (tertiary/aromatic N) is 1. The molecule has 2 heterocycles. The van der Waals surface area contributed by atoms with Crippen LogP contribution in [0.5, 0.6) is 0 Å². The fourth-order valence-electron chi connectivity index (χ4n) is 3.03. The van der Waals surface area contributed by atoms with E-state index in [9.17, 15) is 14.7 Å². The minimum atomic E-state index is -0.921. The van der Waals surface area contributed by atoms with Gasteiger partial charge in [0.05, 0.1) is 0 Å². The minimum Gasteiger partial charge on any atom is -0.480 e. The molecule has 0 bridgehead atoms. The highest BCUT2D eigenvalue weighted by Crippen LogP contribution is 2.25. The van der Waals surface area contributed by atoms with Gasteiger partial charge in [-0.3, -0.25) is 4.79 Å². The van der Waals surface area contributed by atoms with Crippen molar-refractivity contribution >= 4 is 22.8 Å². The molecule has 1 saturated heterocycles. The first-order valence-corrected chi connectivity index (χ1v) is 7.11. The molecule has 1 atom stereocenters. The number of aromatic nitrogens is 1.